The SMILES string of the molecule is COc1ccc2c(n1)NC(c1cccs1)CN2. The molecule has 0 aliphatic carbocycles. The van der Waals surface area contributed by atoms with E-state index in [0.29, 0.717) is 5.88 Å². The van der Waals surface area contributed by atoms with E-state index in [0.717, 1.165) is 18.1 Å². The lowest BCUT2D eigenvalue weighted by Crippen LogP contribution is -2.25. The van der Waals surface area contributed by atoms with Crippen LogP contribution in [-0.2, 0) is 0 Å². The van der Waals surface area contributed by atoms with Crippen molar-refractivity contribution in [3.63, 3.8) is 0 Å². The first kappa shape index (κ1) is 10.4. The van der Waals surface area contributed by atoms with Crippen LogP contribution in [0.15, 0.2) is 29.6 Å². The lowest BCUT2D eigenvalue weighted by molar-refractivity contribution is 0.398. The molecule has 0 saturated heterocycles. The largest absolute Gasteiger partial charge is 0.481 e. The summed E-state index contributed by atoms with van der Waals surface area (Å²) in [6.07, 6.45) is 0. The van der Waals surface area contributed by atoms with E-state index in [1.54, 1.807) is 18.4 Å². The average molecular weight is 247 g/mol. The number of anilines is 2. The summed E-state index contributed by atoms with van der Waals surface area (Å²) in [7, 11) is 1.63. The van der Waals surface area contributed by atoms with Gasteiger partial charge in [0.05, 0.1) is 18.8 Å². The molecule has 3 rings (SSSR count). The monoisotopic (exact) mass is 247 g/mol. The molecule has 0 radical (unpaired) electrons. The summed E-state index contributed by atoms with van der Waals surface area (Å²) in [5, 5.41) is 8.90. The number of rotatable bonds is 2. The van der Waals surface area contributed by atoms with Gasteiger partial charge in [0, 0.05) is 17.5 Å². The maximum atomic E-state index is 5.13. The van der Waals surface area contributed by atoms with Gasteiger partial charge >= 0.3 is 0 Å². The standard InChI is InChI=1S/C12H13N3OS/c1-16-11-5-4-8-12(15-11)14-9(7-13-8)10-3-2-6-17-10/h2-6,9,13H,7H2,1H3,(H,14,15). The van der Waals surface area contributed by atoms with Crippen molar-refractivity contribution >= 4 is 22.8 Å². The Morgan fingerprint density at radius 2 is 2.35 bits per heavy atom. The third-order valence-corrected chi connectivity index (χ3v) is 3.76. The highest BCUT2D eigenvalue weighted by atomic mass is 32.1. The second kappa shape index (κ2) is 4.25. The van der Waals surface area contributed by atoms with Gasteiger partial charge in [0.1, 0.15) is 0 Å². The van der Waals surface area contributed by atoms with Crippen LogP contribution in [0, 0.1) is 0 Å². The quantitative estimate of drug-likeness (QED) is 0.856. The lowest BCUT2D eigenvalue weighted by atomic mass is 10.2. The minimum Gasteiger partial charge on any atom is -0.481 e. The summed E-state index contributed by atoms with van der Waals surface area (Å²) < 4.78 is 5.13. The number of nitrogens with one attached hydrogen (secondary N) is 2. The molecule has 3 heterocycles. The van der Waals surface area contributed by atoms with Gasteiger partial charge in [-0.05, 0) is 17.5 Å². The molecule has 0 aromatic carbocycles. The van der Waals surface area contributed by atoms with E-state index in [1.807, 2.05) is 12.1 Å². The van der Waals surface area contributed by atoms with Crippen molar-refractivity contribution in [2.75, 3.05) is 24.3 Å². The van der Waals surface area contributed by atoms with E-state index in [1.165, 1.54) is 4.88 Å². The Labute approximate surface area is 104 Å². The van der Waals surface area contributed by atoms with Crippen molar-refractivity contribution in [3.05, 3.63) is 34.5 Å². The van der Waals surface area contributed by atoms with Crippen LogP contribution in [0.4, 0.5) is 11.5 Å². The fourth-order valence-electron chi connectivity index (χ4n) is 1.90. The van der Waals surface area contributed by atoms with Crippen molar-refractivity contribution in [1.82, 2.24) is 4.98 Å². The van der Waals surface area contributed by atoms with E-state index in [9.17, 15) is 0 Å². The number of nitrogens with zero attached hydrogens (tertiary/aromatic N) is 1. The molecule has 0 fully saturated rings. The van der Waals surface area contributed by atoms with Gasteiger partial charge in [-0.25, -0.2) is 0 Å². The normalized spacial score (nSPS) is 17.8. The zero-order valence-corrected chi connectivity index (χ0v) is 10.3. The zero-order valence-electron chi connectivity index (χ0n) is 9.43. The summed E-state index contributed by atoms with van der Waals surface area (Å²) in [6.45, 7) is 0.877. The number of aromatic nitrogens is 1. The van der Waals surface area contributed by atoms with Crippen molar-refractivity contribution in [1.29, 1.82) is 0 Å². The summed E-state index contributed by atoms with van der Waals surface area (Å²) in [5.41, 5.74) is 1.03. The number of hydrogen-bond donors (Lipinski definition) is 2. The van der Waals surface area contributed by atoms with Crippen LogP contribution in [0.5, 0.6) is 5.88 Å². The molecule has 88 valence electrons. The first-order chi connectivity index (χ1) is 8.36. The first-order valence-corrected chi connectivity index (χ1v) is 6.33. The second-order valence-electron chi connectivity index (χ2n) is 3.84. The number of pyridine rings is 1. The molecule has 2 N–H and O–H groups in total. The number of methoxy groups -OCH3 is 1. The van der Waals surface area contributed by atoms with Crippen LogP contribution >= 0.6 is 11.3 Å². The van der Waals surface area contributed by atoms with Crippen molar-refractivity contribution < 1.29 is 4.74 Å². The minimum atomic E-state index is 0.280. The van der Waals surface area contributed by atoms with Gasteiger partial charge in [-0.15, -0.1) is 11.3 Å². The van der Waals surface area contributed by atoms with Gasteiger partial charge in [0.15, 0.2) is 5.82 Å². The van der Waals surface area contributed by atoms with Crippen LogP contribution < -0.4 is 15.4 Å². The summed E-state index contributed by atoms with van der Waals surface area (Å²) in [6, 6.07) is 8.32. The number of ether oxygens (including phenoxy) is 1. The molecule has 17 heavy (non-hydrogen) atoms. The average Bonchev–Trinajstić information content (AvgIpc) is 2.91. The van der Waals surface area contributed by atoms with Gasteiger partial charge in [-0.3, -0.25) is 0 Å². The third-order valence-electron chi connectivity index (χ3n) is 2.77. The van der Waals surface area contributed by atoms with Crippen LogP contribution in [0.25, 0.3) is 0 Å². The van der Waals surface area contributed by atoms with Crippen molar-refractivity contribution in [2.24, 2.45) is 0 Å². The van der Waals surface area contributed by atoms with E-state index in [4.69, 9.17) is 4.74 Å². The highest BCUT2D eigenvalue weighted by Crippen LogP contribution is 2.32. The molecule has 0 amide bonds. The lowest BCUT2D eigenvalue weighted by Gasteiger charge is -2.26. The highest BCUT2D eigenvalue weighted by Gasteiger charge is 2.20. The van der Waals surface area contributed by atoms with E-state index in [2.05, 4.69) is 33.1 Å². The Bertz CT molecular complexity index is 512. The molecular weight excluding hydrogens is 234 g/mol. The maximum absolute atomic E-state index is 5.13. The Morgan fingerprint density at radius 3 is 3.12 bits per heavy atom. The Kier molecular flexibility index (Phi) is 2.60. The Balaban J connectivity index is 1.89. The van der Waals surface area contributed by atoms with E-state index < -0.39 is 0 Å². The smallest absolute Gasteiger partial charge is 0.215 e. The van der Waals surface area contributed by atoms with Gasteiger partial charge in [-0.2, -0.15) is 4.98 Å². The molecule has 1 atom stereocenters. The van der Waals surface area contributed by atoms with Crippen molar-refractivity contribution in [2.45, 2.75) is 6.04 Å². The number of hydrogen-bond acceptors (Lipinski definition) is 5. The van der Waals surface area contributed by atoms with Gasteiger partial charge in [-0.1, -0.05) is 6.07 Å². The molecule has 0 spiro atoms. The first-order valence-electron chi connectivity index (χ1n) is 5.45. The number of fused-ring (bicyclic) bond motifs is 1. The third kappa shape index (κ3) is 1.93. The molecular formula is C12H13N3OS. The van der Waals surface area contributed by atoms with Crippen LogP contribution in [-0.4, -0.2) is 18.6 Å². The molecule has 1 unspecified atom stereocenters. The predicted molar refractivity (Wildman–Crippen MR) is 70.0 cm³/mol. The van der Waals surface area contributed by atoms with Gasteiger partial charge < -0.3 is 15.4 Å². The topological polar surface area (TPSA) is 46.2 Å². The van der Waals surface area contributed by atoms with Crippen LogP contribution in [0.2, 0.25) is 0 Å². The second-order valence-corrected chi connectivity index (χ2v) is 4.82. The molecule has 1 aliphatic rings. The van der Waals surface area contributed by atoms with Gasteiger partial charge in [0.25, 0.3) is 0 Å². The van der Waals surface area contributed by atoms with Crippen LogP contribution in [0.3, 0.4) is 0 Å². The van der Waals surface area contributed by atoms with Crippen molar-refractivity contribution in [3.8, 4) is 5.88 Å². The Hall–Kier alpha value is -1.75. The fraction of sp³-hybridized carbons (Fsp3) is 0.250. The Morgan fingerprint density at radius 1 is 1.41 bits per heavy atom. The zero-order chi connectivity index (χ0) is 11.7. The molecule has 2 aromatic rings. The molecule has 4 nitrogen and oxygen atoms in total. The van der Waals surface area contributed by atoms with E-state index in [-0.39, 0.29) is 6.04 Å². The summed E-state index contributed by atoms with van der Waals surface area (Å²) in [4.78, 5) is 5.71. The highest BCUT2D eigenvalue weighted by molar-refractivity contribution is 7.10. The van der Waals surface area contributed by atoms with E-state index >= 15 is 0 Å². The minimum absolute atomic E-state index is 0.280. The molecule has 1 aliphatic heterocycles. The molecule has 0 saturated carbocycles. The predicted octanol–water partition coefficient (Wildman–Crippen LogP) is 2.73. The summed E-state index contributed by atoms with van der Waals surface area (Å²) in [5.74, 6) is 1.49. The maximum Gasteiger partial charge on any atom is 0.215 e. The summed E-state index contributed by atoms with van der Waals surface area (Å²) >= 11 is 1.75. The number of thiophene rings is 1. The molecule has 2 aromatic heterocycles. The molecule has 5 heteroatoms. The van der Waals surface area contributed by atoms with Gasteiger partial charge in [0.2, 0.25) is 5.88 Å². The molecule has 0 bridgehead atoms. The van der Waals surface area contributed by atoms with Crippen LogP contribution in [0.1, 0.15) is 10.9 Å². The fourth-order valence-corrected chi connectivity index (χ4v) is 2.67.